The van der Waals surface area contributed by atoms with Gasteiger partial charge in [0.15, 0.2) is 0 Å². The van der Waals surface area contributed by atoms with Crippen LogP contribution in [0.15, 0.2) is 36.7 Å². The summed E-state index contributed by atoms with van der Waals surface area (Å²) in [5.41, 5.74) is 2.09. The van der Waals surface area contributed by atoms with E-state index in [2.05, 4.69) is 57.8 Å². The van der Waals surface area contributed by atoms with Crippen LogP contribution in [-0.4, -0.2) is 37.9 Å². The Morgan fingerprint density at radius 1 is 1.22 bits per heavy atom. The molecule has 0 bridgehead atoms. The number of alkyl halides is 2. The topological polar surface area (TPSA) is 104 Å². The molecule has 1 aromatic carbocycles. The quantitative estimate of drug-likeness (QED) is 0.208. The third-order valence-corrected chi connectivity index (χ3v) is 7.49. The Kier molecular flexibility index (Phi) is 7.55. The number of nitrogens with one attached hydrogen (secondary N) is 2. The molecule has 12 heteroatoms. The van der Waals surface area contributed by atoms with E-state index in [1.807, 2.05) is 13.0 Å². The van der Waals surface area contributed by atoms with E-state index in [9.17, 15) is 18.4 Å². The fourth-order valence-corrected chi connectivity index (χ4v) is 5.05. The van der Waals surface area contributed by atoms with Crippen LogP contribution >= 0.6 is 11.6 Å². The van der Waals surface area contributed by atoms with Crippen molar-refractivity contribution < 1.29 is 13.2 Å². The van der Waals surface area contributed by atoms with Crippen LogP contribution in [0, 0.1) is 22.7 Å². The van der Waals surface area contributed by atoms with Gasteiger partial charge in [0, 0.05) is 35.1 Å². The first-order valence-corrected chi connectivity index (χ1v) is 13.7. The number of anilines is 2. The summed E-state index contributed by atoms with van der Waals surface area (Å²) in [6.07, 6.45) is 1.46. The van der Waals surface area contributed by atoms with Gasteiger partial charge in [0.05, 0.1) is 34.0 Å². The zero-order chi connectivity index (χ0) is 29.5. The van der Waals surface area contributed by atoms with Crippen molar-refractivity contribution in [3.8, 4) is 6.07 Å². The fraction of sp³-hybridized carbons (Fsp3) is 0.414. The molecule has 0 spiro atoms. The second kappa shape index (κ2) is 10.8. The maximum Gasteiger partial charge on any atom is 0.263 e. The van der Waals surface area contributed by atoms with Crippen LogP contribution in [0.2, 0.25) is 5.02 Å². The van der Waals surface area contributed by atoms with E-state index in [0.29, 0.717) is 75.6 Å². The van der Waals surface area contributed by atoms with Gasteiger partial charge in [-0.3, -0.25) is 4.98 Å². The first kappa shape index (κ1) is 28.6. The molecule has 41 heavy (non-hydrogen) atoms. The highest BCUT2D eigenvalue weighted by atomic mass is 35.5. The number of aryl methyl sites for hydroxylation is 1. The molecule has 3 heterocycles. The maximum atomic E-state index is 14.1. The third kappa shape index (κ3) is 5.66. The number of benzene rings is 1. The zero-order valence-electron chi connectivity index (χ0n) is 23.1. The Morgan fingerprint density at radius 2 is 1.98 bits per heavy atom. The number of pyridine rings is 2. The van der Waals surface area contributed by atoms with Crippen LogP contribution < -0.4 is 10.6 Å². The van der Waals surface area contributed by atoms with Gasteiger partial charge in [-0.15, -0.1) is 5.10 Å². The lowest BCUT2D eigenvalue weighted by atomic mass is 9.96. The van der Waals surface area contributed by atoms with Crippen LogP contribution in [0.5, 0.6) is 0 Å². The van der Waals surface area contributed by atoms with Crippen molar-refractivity contribution in [1.82, 2.24) is 25.0 Å². The second-order valence-electron chi connectivity index (χ2n) is 11.5. The van der Waals surface area contributed by atoms with Crippen LogP contribution in [0.3, 0.4) is 0 Å². The molecule has 2 N–H and O–H groups in total. The van der Waals surface area contributed by atoms with E-state index in [-0.39, 0.29) is 5.41 Å². The average molecular weight is 583 g/mol. The van der Waals surface area contributed by atoms with Gasteiger partial charge in [-0.25, -0.2) is 18.4 Å². The van der Waals surface area contributed by atoms with Gasteiger partial charge in [-0.1, -0.05) is 50.6 Å². The second-order valence-corrected chi connectivity index (χ2v) is 11.9. The molecule has 5 rings (SSSR count). The standard InChI is InChI=1S/C29H30ClF3N8/c1-5-21-18(6-7-23(31)38-21)26(22-14-41(40-39-22)29(8-9-29)27(32)33)37-17-10-19-24(36-15-28(2,3)4)16(12-34)13-35-25(19)20(30)11-17/h6-7,10-11,13-14,26-27,37H,5,8-9,15H2,1-4H3,(H,35,36). The van der Waals surface area contributed by atoms with Gasteiger partial charge in [0.25, 0.3) is 6.43 Å². The smallest absolute Gasteiger partial charge is 0.263 e. The molecular formula is C29H30ClF3N8. The molecule has 3 aromatic heterocycles. The first-order chi connectivity index (χ1) is 19.5. The van der Waals surface area contributed by atoms with Crippen molar-refractivity contribution in [2.24, 2.45) is 5.41 Å². The van der Waals surface area contributed by atoms with Crippen LogP contribution in [0.25, 0.3) is 10.9 Å². The SMILES string of the molecule is CCc1nc(F)ccc1C(Nc1cc(Cl)c2ncc(C#N)c(NCC(C)(C)C)c2c1)c1cn(C2(C(F)F)CC2)nn1. The summed E-state index contributed by atoms with van der Waals surface area (Å²) in [7, 11) is 0. The Hall–Kier alpha value is -3.91. The number of hydrogen-bond donors (Lipinski definition) is 2. The normalized spacial score (nSPS) is 15.1. The Morgan fingerprint density at radius 3 is 2.61 bits per heavy atom. The molecule has 1 aliphatic rings. The van der Waals surface area contributed by atoms with Crippen molar-refractivity contribution in [1.29, 1.82) is 5.26 Å². The van der Waals surface area contributed by atoms with Crippen LogP contribution in [0.4, 0.5) is 24.5 Å². The van der Waals surface area contributed by atoms with Gasteiger partial charge in [-0.2, -0.15) is 9.65 Å². The molecular weight excluding hydrogens is 553 g/mol. The van der Waals surface area contributed by atoms with Gasteiger partial charge in [0.2, 0.25) is 5.95 Å². The summed E-state index contributed by atoms with van der Waals surface area (Å²) in [6, 6.07) is 7.84. The van der Waals surface area contributed by atoms with Crippen LogP contribution in [-0.2, 0) is 12.0 Å². The molecule has 214 valence electrons. The Bertz CT molecular complexity index is 1640. The first-order valence-electron chi connectivity index (χ1n) is 13.3. The lowest BCUT2D eigenvalue weighted by Gasteiger charge is -2.23. The van der Waals surface area contributed by atoms with Crippen molar-refractivity contribution in [2.45, 2.75) is 65.0 Å². The molecule has 0 radical (unpaired) electrons. The van der Waals surface area contributed by atoms with Gasteiger partial charge >= 0.3 is 0 Å². The molecule has 1 unspecified atom stereocenters. The monoisotopic (exact) mass is 582 g/mol. The minimum Gasteiger partial charge on any atom is -0.383 e. The zero-order valence-corrected chi connectivity index (χ0v) is 23.9. The average Bonchev–Trinajstić information content (AvgIpc) is 3.60. The Balaban J connectivity index is 1.62. The predicted octanol–water partition coefficient (Wildman–Crippen LogP) is 6.86. The molecule has 1 aliphatic carbocycles. The number of nitriles is 1. The number of nitrogens with zero attached hydrogens (tertiary/aromatic N) is 6. The Labute approximate surface area is 240 Å². The summed E-state index contributed by atoms with van der Waals surface area (Å²) in [6.45, 7) is 8.68. The summed E-state index contributed by atoms with van der Waals surface area (Å²) < 4.78 is 43.0. The van der Waals surface area contributed by atoms with Gasteiger partial charge < -0.3 is 10.6 Å². The lowest BCUT2D eigenvalue weighted by molar-refractivity contribution is 0.0593. The fourth-order valence-electron chi connectivity index (χ4n) is 4.78. The predicted molar refractivity (Wildman–Crippen MR) is 152 cm³/mol. The van der Waals surface area contributed by atoms with E-state index in [1.54, 1.807) is 12.1 Å². The van der Waals surface area contributed by atoms with E-state index in [4.69, 9.17) is 11.6 Å². The summed E-state index contributed by atoms with van der Waals surface area (Å²) >= 11 is 6.69. The molecule has 1 atom stereocenters. The highest BCUT2D eigenvalue weighted by Gasteiger charge is 2.54. The minimum absolute atomic E-state index is 0.0673. The van der Waals surface area contributed by atoms with Gasteiger partial charge in [0.1, 0.15) is 17.3 Å². The molecule has 4 aromatic rings. The number of halogens is 4. The molecule has 8 nitrogen and oxygen atoms in total. The van der Waals surface area contributed by atoms with Crippen molar-refractivity contribution in [3.05, 3.63) is 70.1 Å². The lowest BCUT2D eigenvalue weighted by Crippen LogP contribution is -2.26. The molecule has 1 fully saturated rings. The van der Waals surface area contributed by atoms with Gasteiger partial charge in [-0.05, 0) is 42.9 Å². The van der Waals surface area contributed by atoms with Crippen molar-refractivity contribution >= 4 is 33.9 Å². The maximum absolute atomic E-state index is 14.1. The third-order valence-electron chi connectivity index (χ3n) is 7.20. The van der Waals surface area contributed by atoms with Crippen molar-refractivity contribution in [2.75, 3.05) is 17.2 Å². The molecule has 0 amide bonds. The molecule has 0 saturated heterocycles. The number of fused-ring (bicyclic) bond motifs is 1. The van der Waals surface area contributed by atoms with Crippen LogP contribution in [0.1, 0.15) is 69.1 Å². The summed E-state index contributed by atoms with van der Waals surface area (Å²) in [5, 5.41) is 25.9. The summed E-state index contributed by atoms with van der Waals surface area (Å²) in [4.78, 5) is 8.48. The van der Waals surface area contributed by atoms with E-state index >= 15 is 0 Å². The number of aromatic nitrogens is 5. The van der Waals surface area contributed by atoms with Crippen molar-refractivity contribution in [3.63, 3.8) is 0 Å². The highest BCUT2D eigenvalue weighted by Crippen LogP contribution is 2.48. The summed E-state index contributed by atoms with van der Waals surface area (Å²) in [5.74, 6) is -0.624. The van der Waals surface area contributed by atoms with E-state index in [0.717, 1.165) is 0 Å². The van der Waals surface area contributed by atoms with E-state index in [1.165, 1.54) is 23.1 Å². The number of rotatable bonds is 9. The molecule has 0 aliphatic heterocycles. The highest BCUT2D eigenvalue weighted by molar-refractivity contribution is 6.35. The largest absolute Gasteiger partial charge is 0.383 e. The molecule has 1 saturated carbocycles. The van der Waals surface area contributed by atoms with E-state index < -0.39 is 24.0 Å². The number of hydrogen-bond acceptors (Lipinski definition) is 7. The minimum atomic E-state index is -2.58.